The van der Waals surface area contributed by atoms with E-state index in [4.69, 9.17) is 5.73 Å². The van der Waals surface area contributed by atoms with Crippen molar-refractivity contribution in [3.8, 4) is 0 Å². The first-order chi connectivity index (χ1) is 8.19. The minimum atomic E-state index is 0.139. The summed E-state index contributed by atoms with van der Waals surface area (Å²) in [7, 11) is 0. The average molecular weight is 256 g/mol. The number of nitrogens with two attached hydrogens (primary N) is 1. The van der Waals surface area contributed by atoms with Gasteiger partial charge in [0.1, 0.15) is 0 Å². The molecule has 0 radical (unpaired) electrons. The summed E-state index contributed by atoms with van der Waals surface area (Å²) in [6.45, 7) is 14.4. The Bertz CT molecular complexity index is 247. The lowest BCUT2D eigenvalue weighted by Gasteiger charge is -2.29. The molecule has 0 aliphatic rings. The van der Waals surface area contributed by atoms with Crippen LogP contribution in [0.25, 0.3) is 0 Å². The lowest BCUT2D eigenvalue weighted by molar-refractivity contribution is -0.122. The van der Waals surface area contributed by atoms with E-state index in [1.807, 2.05) is 0 Å². The van der Waals surface area contributed by atoms with E-state index in [1.54, 1.807) is 0 Å². The van der Waals surface area contributed by atoms with E-state index in [-0.39, 0.29) is 11.3 Å². The van der Waals surface area contributed by atoms with Crippen molar-refractivity contribution < 1.29 is 4.79 Å². The Morgan fingerprint density at radius 3 is 2.17 bits per heavy atom. The molecule has 0 fully saturated rings. The minimum absolute atomic E-state index is 0.139. The molecule has 0 saturated carbocycles. The van der Waals surface area contributed by atoms with Crippen molar-refractivity contribution in [2.75, 3.05) is 13.1 Å². The van der Waals surface area contributed by atoms with Crippen molar-refractivity contribution in [3.05, 3.63) is 0 Å². The number of carbonyl (C=O) groups excluding carboxylic acids is 1. The highest BCUT2D eigenvalue weighted by Gasteiger charge is 2.23. The van der Waals surface area contributed by atoms with E-state index in [9.17, 15) is 4.79 Å². The fourth-order valence-electron chi connectivity index (χ4n) is 1.79. The number of amides is 1. The molecule has 0 rings (SSSR count). The van der Waals surface area contributed by atoms with Crippen molar-refractivity contribution in [3.63, 3.8) is 0 Å². The van der Waals surface area contributed by atoms with E-state index in [2.05, 4.69) is 46.9 Å². The molecule has 108 valence electrons. The third-order valence-corrected chi connectivity index (χ3v) is 3.92. The summed E-state index contributed by atoms with van der Waals surface area (Å²) in [6.07, 6.45) is 1.58. The van der Waals surface area contributed by atoms with Crippen molar-refractivity contribution in [2.45, 2.75) is 54.4 Å². The van der Waals surface area contributed by atoms with Gasteiger partial charge in [0.05, 0.1) is 0 Å². The molecule has 0 spiro atoms. The van der Waals surface area contributed by atoms with Gasteiger partial charge in [-0.2, -0.15) is 0 Å². The molecule has 18 heavy (non-hydrogen) atoms. The van der Waals surface area contributed by atoms with E-state index in [0.717, 1.165) is 13.0 Å². The first-order valence-corrected chi connectivity index (χ1v) is 7.15. The molecule has 3 nitrogen and oxygen atoms in total. The van der Waals surface area contributed by atoms with Gasteiger partial charge < -0.3 is 11.1 Å². The largest absolute Gasteiger partial charge is 0.356 e. The molecular formula is C15H32N2O. The summed E-state index contributed by atoms with van der Waals surface area (Å²) in [6, 6.07) is 0. The molecule has 1 amide bonds. The molecule has 0 aromatic carbocycles. The van der Waals surface area contributed by atoms with Gasteiger partial charge in [-0.25, -0.2) is 0 Å². The summed E-state index contributed by atoms with van der Waals surface area (Å²) in [5.41, 5.74) is 5.86. The lowest BCUT2D eigenvalue weighted by atomic mass is 9.81. The van der Waals surface area contributed by atoms with E-state index in [0.29, 0.717) is 30.7 Å². The van der Waals surface area contributed by atoms with Crippen molar-refractivity contribution in [2.24, 2.45) is 28.9 Å². The first-order valence-electron chi connectivity index (χ1n) is 7.15. The topological polar surface area (TPSA) is 55.1 Å². The molecule has 3 N–H and O–H groups in total. The highest BCUT2D eigenvalue weighted by Crippen LogP contribution is 2.24. The SMILES string of the molecule is CC(C)CC(CN)CC(=O)NCC(C)(C)C(C)C. The number of hydrogen-bond donors (Lipinski definition) is 2. The quantitative estimate of drug-likeness (QED) is 0.701. The average Bonchev–Trinajstić information content (AvgIpc) is 2.24. The second kappa shape index (κ2) is 7.78. The second-order valence-corrected chi connectivity index (χ2v) is 6.86. The minimum Gasteiger partial charge on any atom is -0.356 e. The van der Waals surface area contributed by atoms with Gasteiger partial charge >= 0.3 is 0 Å². The van der Waals surface area contributed by atoms with E-state index >= 15 is 0 Å². The predicted octanol–water partition coefficient (Wildman–Crippen LogP) is 2.80. The van der Waals surface area contributed by atoms with Gasteiger partial charge in [0.15, 0.2) is 0 Å². The summed E-state index contributed by atoms with van der Waals surface area (Å²) in [4.78, 5) is 11.9. The zero-order valence-electron chi connectivity index (χ0n) is 13.0. The maximum atomic E-state index is 11.9. The monoisotopic (exact) mass is 256 g/mol. The maximum absolute atomic E-state index is 11.9. The van der Waals surface area contributed by atoms with Crippen LogP contribution < -0.4 is 11.1 Å². The Morgan fingerprint density at radius 1 is 1.22 bits per heavy atom. The molecule has 0 aromatic heterocycles. The van der Waals surface area contributed by atoms with Crippen LogP contribution >= 0.6 is 0 Å². The number of hydrogen-bond acceptors (Lipinski definition) is 2. The molecule has 3 heteroatoms. The van der Waals surface area contributed by atoms with Crippen LogP contribution in [0.15, 0.2) is 0 Å². The van der Waals surface area contributed by atoms with Gasteiger partial charge in [0.2, 0.25) is 5.91 Å². The van der Waals surface area contributed by atoms with Crippen LogP contribution in [0.2, 0.25) is 0 Å². The van der Waals surface area contributed by atoms with Gasteiger partial charge in [-0.15, -0.1) is 0 Å². The molecule has 0 bridgehead atoms. The Morgan fingerprint density at radius 2 is 1.78 bits per heavy atom. The summed E-state index contributed by atoms with van der Waals surface area (Å²) < 4.78 is 0. The fourth-order valence-corrected chi connectivity index (χ4v) is 1.79. The molecule has 0 aromatic rings. The normalized spacial score (nSPS) is 14.1. The molecule has 0 aliphatic carbocycles. The Kier molecular flexibility index (Phi) is 7.53. The van der Waals surface area contributed by atoms with Gasteiger partial charge in [-0.3, -0.25) is 4.79 Å². The zero-order chi connectivity index (χ0) is 14.3. The van der Waals surface area contributed by atoms with E-state index in [1.165, 1.54) is 0 Å². The number of nitrogens with one attached hydrogen (secondary N) is 1. The predicted molar refractivity (Wildman–Crippen MR) is 78.2 cm³/mol. The van der Waals surface area contributed by atoms with Crippen molar-refractivity contribution in [1.29, 1.82) is 0 Å². The molecule has 0 saturated heterocycles. The van der Waals surface area contributed by atoms with Crippen LogP contribution in [0.5, 0.6) is 0 Å². The van der Waals surface area contributed by atoms with Gasteiger partial charge in [0.25, 0.3) is 0 Å². The summed E-state index contributed by atoms with van der Waals surface area (Å²) in [5, 5.41) is 3.05. The second-order valence-electron chi connectivity index (χ2n) is 6.86. The van der Waals surface area contributed by atoms with Gasteiger partial charge in [0, 0.05) is 13.0 Å². The molecular weight excluding hydrogens is 224 g/mol. The molecule has 1 atom stereocenters. The lowest BCUT2D eigenvalue weighted by Crippen LogP contribution is -2.38. The molecule has 0 heterocycles. The van der Waals surface area contributed by atoms with Crippen molar-refractivity contribution >= 4 is 5.91 Å². The highest BCUT2D eigenvalue weighted by atomic mass is 16.1. The molecule has 1 unspecified atom stereocenters. The summed E-state index contributed by atoms with van der Waals surface area (Å²) >= 11 is 0. The smallest absolute Gasteiger partial charge is 0.220 e. The van der Waals surface area contributed by atoms with Crippen molar-refractivity contribution in [1.82, 2.24) is 5.32 Å². The first kappa shape index (κ1) is 17.4. The van der Waals surface area contributed by atoms with Crippen LogP contribution in [0.4, 0.5) is 0 Å². The number of carbonyl (C=O) groups is 1. The third kappa shape index (κ3) is 7.00. The van der Waals surface area contributed by atoms with E-state index < -0.39 is 0 Å². The Balaban J connectivity index is 4.10. The van der Waals surface area contributed by atoms with Crippen LogP contribution in [0, 0.1) is 23.2 Å². The van der Waals surface area contributed by atoms with Crippen LogP contribution in [0.3, 0.4) is 0 Å². The third-order valence-electron chi connectivity index (χ3n) is 3.92. The number of rotatable bonds is 8. The fraction of sp³-hybridized carbons (Fsp3) is 0.933. The van der Waals surface area contributed by atoms with Gasteiger partial charge in [-0.1, -0.05) is 41.5 Å². The summed E-state index contributed by atoms with van der Waals surface area (Å²) in [5.74, 6) is 1.60. The van der Waals surface area contributed by atoms with Crippen LogP contribution in [-0.2, 0) is 4.79 Å². The Hall–Kier alpha value is -0.570. The highest BCUT2D eigenvalue weighted by molar-refractivity contribution is 5.76. The van der Waals surface area contributed by atoms with Gasteiger partial charge in [-0.05, 0) is 36.1 Å². The molecule has 0 aliphatic heterocycles. The van der Waals surface area contributed by atoms with Crippen LogP contribution in [0.1, 0.15) is 54.4 Å². The standard InChI is InChI=1S/C15H32N2O/c1-11(2)7-13(9-16)8-14(18)17-10-15(5,6)12(3)4/h11-13H,7-10,16H2,1-6H3,(H,17,18). The maximum Gasteiger partial charge on any atom is 0.220 e. The van der Waals surface area contributed by atoms with Crippen LogP contribution in [-0.4, -0.2) is 19.0 Å². The Labute approximate surface area is 113 Å². The zero-order valence-corrected chi connectivity index (χ0v) is 13.0.